The summed E-state index contributed by atoms with van der Waals surface area (Å²) >= 11 is 3.45. The fraction of sp³-hybridized carbons (Fsp3) is 0.231. The second-order valence-electron chi connectivity index (χ2n) is 7.80. The number of carbonyl (C=O) groups excluding carboxylic acids is 2. The van der Waals surface area contributed by atoms with Crippen LogP contribution in [0.1, 0.15) is 16.7 Å². The van der Waals surface area contributed by atoms with Gasteiger partial charge in [-0.25, -0.2) is 4.79 Å². The van der Waals surface area contributed by atoms with E-state index in [1.807, 2.05) is 60.8 Å². The number of H-pyrrole nitrogens is 1. The van der Waals surface area contributed by atoms with Gasteiger partial charge in [0.15, 0.2) is 0 Å². The zero-order valence-electron chi connectivity index (χ0n) is 18.7. The molecule has 0 bridgehead atoms. The highest BCUT2D eigenvalue weighted by atomic mass is 32.2. The number of aromatic nitrogens is 1. The van der Waals surface area contributed by atoms with Gasteiger partial charge in [-0.3, -0.25) is 4.79 Å². The first-order valence-electron chi connectivity index (χ1n) is 11.1. The maximum absolute atomic E-state index is 13.0. The van der Waals surface area contributed by atoms with Gasteiger partial charge in [0.05, 0.1) is 0 Å². The Kier molecular flexibility index (Phi) is 8.65. The van der Waals surface area contributed by atoms with Crippen LogP contribution in [0.2, 0.25) is 0 Å². The summed E-state index contributed by atoms with van der Waals surface area (Å²) in [7, 11) is 0. The molecule has 1 atom stereocenters. The van der Waals surface area contributed by atoms with Gasteiger partial charge in [0, 0.05) is 41.6 Å². The first-order valence-corrected chi connectivity index (χ1v) is 13.2. The van der Waals surface area contributed by atoms with Crippen LogP contribution in [0.4, 0.5) is 4.79 Å². The molecule has 0 saturated carbocycles. The number of rotatable bonds is 11. The van der Waals surface area contributed by atoms with Crippen molar-refractivity contribution in [2.45, 2.75) is 24.8 Å². The number of amides is 2. The number of alkyl carbamates (subject to hydrolysis) is 1. The molecule has 0 fully saturated rings. The molecule has 0 spiro atoms. The van der Waals surface area contributed by atoms with Gasteiger partial charge in [-0.15, -0.1) is 0 Å². The number of benzene rings is 2. The molecule has 0 unspecified atom stereocenters. The van der Waals surface area contributed by atoms with E-state index in [4.69, 9.17) is 4.74 Å². The molecular weight excluding hydrogens is 466 g/mol. The lowest BCUT2D eigenvalue weighted by atomic mass is 10.0. The first-order chi connectivity index (χ1) is 16.7. The van der Waals surface area contributed by atoms with E-state index in [2.05, 4.69) is 32.4 Å². The molecule has 34 heavy (non-hydrogen) atoms. The lowest BCUT2D eigenvalue weighted by Crippen LogP contribution is -2.48. The first kappa shape index (κ1) is 23.9. The van der Waals surface area contributed by atoms with Crippen molar-refractivity contribution in [2.75, 3.05) is 12.3 Å². The van der Waals surface area contributed by atoms with Crippen molar-refractivity contribution in [2.24, 2.45) is 0 Å². The molecular formula is C26H27N3O3S2. The molecule has 2 aromatic carbocycles. The van der Waals surface area contributed by atoms with Crippen molar-refractivity contribution in [3.8, 4) is 0 Å². The molecule has 4 aromatic rings. The number of thiophene rings is 1. The van der Waals surface area contributed by atoms with Crippen LogP contribution in [-0.2, 0) is 28.3 Å². The van der Waals surface area contributed by atoms with Gasteiger partial charge in [0.25, 0.3) is 0 Å². The third-order valence-electron chi connectivity index (χ3n) is 5.31. The van der Waals surface area contributed by atoms with Crippen LogP contribution in [0.5, 0.6) is 0 Å². The Morgan fingerprint density at radius 1 is 1.03 bits per heavy atom. The van der Waals surface area contributed by atoms with Crippen LogP contribution in [0.15, 0.2) is 77.6 Å². The van der Waals surface area contributed by atoms with Crippen molar-refractivity contribution in [3.05, 3.63) is 94.3 Å². The number of aromatic amines is 1. The van der Waals surface area contributed by atoms with E-state index in [9.17, 15) is 9.59 Å². The number of hydrogen-bond acceptors (Lipinski definition) is 5. The number of para-hydroxylation sites is 1. The SMILES string of the molecule is O=C(N[C@@H](Cc1c[nH]c2ccccc12)C(=O)NCCSCc1ccsc1)OCc1ccccc1. The summed E-state index contributed by atoms with van der Waals surface area (Å²) in [6, 6.07) is 18.7. The predicted octanol–water partition coefficient (Wildman–Crippen LogP) is 5.12. The number of ether oxygens (including phenoxy) is 1. The van der Waals surface area contributed by atoms with Gasteiger partial charge in [-0.1, -0.05) is 48.5 Å². The van der Waals surface area contributed by atoms with E-state index in [-0.39, 0.29) is 12.5 Å². The third-order valence-corrected chi connectivity index (χ3v) is 7.08. The number of carbonyl (C=O) groups is 2. The molecule has 8 heteroatoms. The van der Waals surface area contributed by atoms with E-state index in [1.165, 1.54) is 5.56 Å². The molecule has 3 N–H and O–H groups in total. The van der Waals surface area contributed by atoms with E-state index in [1.54, 1.807) is 23.1 Å². The molecule has 2 aromatic heterocycles. The monoisotopic (exact) mass is 493 g/mol. The van der Waals surface area contributed by atoms with E-state index in [0.29, 0.717) is 13.0 Å². The second-order valence-corrected chi connectivity index (χ2v) is 9.68. The van der Waals surface area contributed by atoms with Gasteiger partial charge >= 0.3 is 6.09 Å². The summed E-state index contributed by atoms with van der Waals surface area (Å²) in [5, 5.41) is 11.0. The molecule has 0 aliphatic carbocycles. The average molecular weight is 494 g/mol. The van der Waals surface area contributed by atoms with E-state index >= 15 is 0 Å². The third kappa shape index (κ3) is 6.88. The van der Waals surface area contributed by atoms with Gasteiger partial charge in [0.1, 0.15) is 12.6 Å². The average Bonchev–Trinajstić information content (AvgIpc) is 3.53. The normalized spacial score (nSPS) is 11.8. The maximum atomic E-state index is 13.0. The maximum Gasteiger partial charge on any atom is 0.408 e. The Bertz CT molecular complexity index is 1190. The van der Waals surface area contributed by atoms with Crippen LogP contribution >= 0.6 is 23.1 Å². The molecule has 2 heterocycles. The van der Waals surface area contributed by atoms with E-state index < -0.39 is 12.1 Å². The fourth-order valence-corrected chi connectivity index (χ4v) is 5.15. The molecule has 6 nitrogen and oxygen atoms in total. The molecule has 0 aliphatic rings. The summed E-state index contributed by atoms with van der Waals surface area (Å²) in [6.45, 7) is 0.673. The highest BCUT2D eigenvalue weighted by molar-refractivity contribution is 7.98. The van der Waals surface area contributed by atoms with Gasteiger partial charge in [0.2, 0.25) is 5.91 Å². The topological polar surface area (TPSA) is 83.2 Å². The second kappa shape index (κ2) is 12.3. The number of fused-ring (bicyclic) bond motifs is 1. The van der Waals surface area contributed by atoms with Crippen molar-refractivity contribution in [1.82, 2.24) is 15.6 Å². The summed E-state index contributed by atoms with van der Waals surface area (Å²) in [6.07, 6.45) is 1.63. The molecule has 2 amide bonds. The zero-order chi connectivity index (χ0) is 23.6. The molecule has 0 saturated heterocycles. The lowest BCUT2D eigenvalue weighted by Gasteiger charge is -2.18. The standard InChI is InChI=1S/C26H27N3O3S2/c30-25(27-11-13-34-18-20-10-12-33-17-20)24(14-21-15-28-23-9-5-4-8-22(21)23)29-26(31)32-16-19-6-2-1-3-7-19/h1-10,12,15,17,24,28H,11,13-14,16,18H2,(H,27,30)(H,29,31)/t24-/m0/s1. The summed E-state index contributed by atoms with van der Waals surface area (Å²) in [5.41, 5.74) is 4.14. The van der Waals surface area contributed by atoms with E-state index in [0.717, 1.165) is 33.5 Å². The quantitative estimate of drug-likeness (QED) is 0.253. The Morgan fingerprint density at radius 3 is 2.68 bits per heavy atom. The van der Waals surface area contributed by atoms with Crippen LogP contribution in [-0.4, -0.2) is 35.3 Å². The Morgan fingerprint density at radius 2 is 1.85 bits per heavy atom. The van der Waals surface area contributed by atoms with Crippen molar-refractivity contribution < 1.29 is 14.3 Å². The minimum absolute atomic E-state index is 0.146. The Labute approximate surface area is 207 Å². The zero-order valence-corrected chi connectivity index (χ0v) is 20.3. The number of hydrogen-bond donors (Lipinski definition) is 3. The largest absolute Gasteiger partial charge is 0.445 e. The minimum Gasteiger partial charge on any atom is -0.445 e. The minimum atomic E-state index is -0.746. The van der Waals surface area contributed by atoms with Crippen LogP contribution < -0.4 is 10.6 Å². The fourth-order valence-electron chi connectivity index (χ4n) is 3.57. The highest BCUT2D eigenvalue weighted by Crippen LogP contribution is 2.19. The van der Waals surface area contributed by atoms with Crippen LogP contribution in [0.3, 0.4) is 0 Å². The van der Waals surface area contributed by atoms with Crippen molar-refractivity contribution in [1.29, 1.82) is 0 Å². The van der Waals surface area contributed by atoms with Crippen LogP contribution in [0, 0.1) is 0 Å². The summed E-state index contributed by atoms with van der Waals surface area (Å²) < 4.78 is 5.36. The molecule has 4 rings (SSSR count). The number of nitrogens with one attached hydrogen (secondary N) is 3. The molecule has 0 aliphatic heterocycles. The summed E-state index contributed by atoms with van der Waals surface area (Å²) in [5.74, 6) is 1.49. The van der Waals surface area contributed by atoms with Gasteiger partial charge in [-0.05, 0) is 39.6 Å². The van der Waals surface area contributed by atoms with Crippen molar-refractivity contribution in [3.63, 3.8) is 0 Å². The predicted molar refractivity (Wildman–Crippen MR) is 139 cm³/mol. The summed E-state index contributed by atoms with van der Waals surface area (Å²) in [4.78, 5) is 28.7. The van der Waals surface area contributed by atoms with Gasteiger partial charge in [-0.2, -0.15) is 23.1 Å². The van der Waals surface area contributed by atoms with Gasteiger partial charge < -0.3 is 20.4 Å². The highest BCUT2D eigenvalue weighted by Gasteiger charge is 2.23. The smallest absolute Gasteiger partial charge is 0.408 e. The number of thioether (sulfide) groups is 1. The Hall–Kier alpha value is -3.23. The Balaban J connectivity index is 1.34. The van der Waals surface area contributed by atoms with Crippen molar-refractivity contribution >= 4 is 46.0 Å². The lowest BCUT2D eigenvalue weighted by molar-refractivity contribution is -0.122. The molecule has 0 radical (unpaired) electrons. The van der Waals surface area contributed by atoms with Crippen LogP contribution in [0.25, 0.3) is 10.9 Å². The molecule has 176 valence electrons.